The summed E-state index contributed by atoms with van der Waals surface area (Å²) in [4.78, 5) is 20.0. The van der Waals surface area contributed by atoms with Crippen LogP contribution in [0.5, 0.6) is 0 Å². The van der Waals surface area contributed by atoms with Gasteiger partial charge in [-0.15, -0.1) is 0 Å². The Morgan fingerprint density at radius 2 is 1.93 bits per heavy atom. The Kier molecular flexibility index (Phi) is 4.32. The minimum Gasteiger partial charge on any atom is -0.481 e. The Labute approximate surface area is 88.6 Å². The molecule has 3 atom stereocenters. The zero-order valence-electron chi connectivity index (χ0n) is 8.50. The predicted molar refractivity (Wildman–Crippen MR) is 55.2 cm³/mol. The van der Waals surface area contributed by atoms with Crippen molar-refractivity contribution in [2.24, 2.45) is 0 Å². The van der Waals surface area contributed by atoms with Gasteiger partial charge in [0, 0.05) is 6.16 Å². The Hall–Kier alpha value is -0.380. The molecule has 0 aromatic carbocycles. The van der Waals surface area contributed by atoms with Gasteiger partial charge >= 0.3 is 5.97 Å². The zero-order valence-corrected chi connectivity index (χ0v) is 9.40. The van der Waals surface area contributed by atoms with Gasteiger partial charge in [-0.2, -0.15) is 0 Å². The average Bonchev–Trinajstić information content (AvgIpc) is 2.15. The van der Waals surface area contributed by atoms with Crippen LogP contribution < -0.4 is 0 Å². The van der Waals surface area contributed by atoms with E-state index in [0.29, 0.717) is 12.8 Å². The molecule has 3 unspecified atom stereocenters. The van der Waals surface area contributed by atoms with E-state index in [2.05, 4.69) is 0 Å². The molecule has 88 valence electrons. The highest BCUT2D eigenvalue weighted by Gasteiger charge is 2.37. The first kappa shape index (κ1) is 12.7. The van der Waals surface area contributed by atoms with Crippen LogP contribution >= 0.6 is 7.37 Å². The van der Waals surface area contributed by atoms with Gasteiger partial charge in [0.25, 0.3) is 0 Å². The molecule has 0 amide bonds. The van der Waals surface area contributed by atoms with Crippen LogP contribution in [0.4, 0.5) is 0 Å². The van der Waals surface area contributed by atoms with Crippen LogP contribution in [0.3, 0.4) is 0 Å². The third-order valence-electron chi connectivity index (χ3n) is 2.86. The van der Waals surface area contributed by atoms with Gasteiger partial charge in [-0.3, -0.25) is 9.36 Å². The van der Waals surface area contributed by atoms with Crippen molar-refractivity contribution in [1.29, 1.82) is 0 Å². The van der Waals surface area contributed by atoms with Crippen molar-refractivity contribution < 1.29 is 24.5 Å². The van der Waals surface area contributed by atoms with Gasteiger partial charge in [-0.1, -0.05) is 12.8 Å². The SMILES string of the molecule is O=C(O)CCP(=O)(O)C1CCCCC1O. The monoisotopic (exact) mass is 236 g/mol. The third-order valence-corrected chi connectivity index (χ3v) is 5.36. The molecule has 0 radical (unpaired) electrons. The molecule has 1 rings (SSSR count). The molecule has 1 aliphatic rings. The van der Waals surface area contributed by atoms with Crippen LogP contribution in [0.2, 0.25) is 0 Å². The summed E-state index contributed by atoms with van der Waals surface area (Å²) in [5, 5.41) is 18.0. The molecule has 6 heteroatoms. The fourth-order valence-electron chi connectivity index (χ4n) is 1.98. The van der Waals surface area contributed by atoms with E-state index in [1.54, 1.807) is 0 Å². The van der Waals surface area contributed by atoms with Crippen molar-refractivity contribution in [2.45, 2.75) is 43.9 Å². The first-order valence-corrected chi connectivity index (χ1v) is 7.06. The summed E-state index contributed by atoms with van der Waals surface area (Å²) in [6, 6.07) is 0. The van der Waals surface area contributed by atoms with Crippen molar-refractivity contribution in [3.8, 4) is 0 Å². The van der Waals surface area contributed by atoms with Crippen molar-refractivity contribution in [2.75, 3.05) is 6.16 Å². The smallest absolute Gasteiger partial charge is 0.303 e. The van der Waals surface area contributed by atoms with Crippen LogP contribution in [0.15, 0.2) is 0 Å². The molecule has 0 saturated heterocycles. The lowest BCUT2D eigenvalue weighted by Crippen LogP contribution is -2.30. The highest BCUT2D eigenvalue weighted by Crippen LogP contribution is 2.52. The molecular weight excluding hydrogens is 219 g/mol. The van der Waals surface area contributed by atoms with Crippen molar-refractivity contribution >= 4 is 13.3 Å². The van der Waals surface area contributed by atoms with Crippen molar-refractivity contribution in [1.82, 2.24) is 0 Å². The molecule has 1 saturated carbocycles. The highest BCUT2D eigenvalue weighted by atomic mass is 31.2. The molecule has 0 bridgehead atoms. The van der Waals surface area contributed by atoms with Gasteiger partial charge in [0.15, 0.2) is 0 Å². The molecule has 0 spiro atoms. The molecule has 0 aromatic rings. The highest BCUT2D eigenvalue weighted by molar-refractivity contribution is 7.58. The average molecular weight is 236 g/mol. The fraction of sp³-hybridized carbons (Fsp3) is 0.889. The Bertz CT molecular complexity index is 278. The first-order chi connectivity index (χ1) is 6.93. The van der Waals surface area contributed by atoms with E-state index < -0.39 is 25.1 Å². The fourth-order valence-corrected chi connectivity index (χ4v) is 4.10. The lowest BCUT2D eigenvalue weighted by molar-refractivity contribution is -0.136. The summed E-state index contributed by atoms with van der Waals surface area (Å²) in [5.41, 5.74) is -0.620. The Balaban J connectivity index is 2.58. The van der Waals surface area contributed by atoms with Gasteiger partial charge in [-0.05, 0) is 12.8 Å². The molecule has 0 heterocycles. The van der Waals surface area contributed by atoms with Crippen LogP contribution in [-0.4, -0.2) is 39.0 Å². The summed E-state index contributed by atoms with van der Waals surface area (Å²) in [6.45, 7) is 0. The number of aliphatic hydroxyl groups is 1. The summed E-state index contributed by atoms with van der Waals surface area (Å²) in [5.74, 6) is -1.07. The molecule has 1 fully saturated rings. The van der Waals surface area contributed by atoms with Gasteiger partial charge in [0.2, 0.25) is 7.37 Å². The first-order valence-electron chi connectivity index (χ1n) is 5.15. The number of rotatable bonds is 4. The van der Waals surface area contributed by atoms with E-state index in [1.807, 2.05) is 0 Å². The summed E-state index contributed by atoms with van der Waals surface area (Å²) in [6.07, 6.45) is 1.48. The maximum absolute atomic E-state index is 11.8. The van der Waals surface area contributed by atoms with Gasteiger partial charge in [0.1, 0.15) is 0 Å². The number of aliphatic carboxylic acids is 1. The Morgan fingerprint density at radius 1 is 1.33 bits per heavy atom. The second-order valence-electron chi connectivity index (χ2n) is 4.04. The van der Waals surface area contributed by atoms with Crippen molar-refractivity contribution in [3.63, 3.8) is 0 Å². The summed E-state index contributed by atoms with van der Waals surface area (Å²) in [7, 11) is -3.51. The van der Waals surface area contributed by atoms with Crippen LogP contribution in [0.1, 0.15) is 32.1 Å². The van der Waals surface area contributed by atoms with Gasteiger partial charge < -0.3 is 15.1 Å². The summed E-state index contributed by atoms with van der Waals surface area (Å²) < 4.78 is 11.8. The molecule has 3 N–H and O–H groups in total. The maximum Gasteiger partial charge on any atom is 0.303 e. The topological polar surface area (TPSA) is 94.8 Å². The van der Waals surface area contributed by atoms with E-state index in [0.717, 1.165) is 12.8 Å². The number of hydrogen-bond acceptors (Lipinski definition) is 3. The number of hydrogen-bond donors (Lipinski definition) is 3. The lowest BCUT2D eigenvalue weighted by Gasteiger charge is -2.30. The largest absolute Gasteiger partial charge is 0.481 e. The summed E-state index contributed by atoms with van der Waals surface area (Å²) >= 11 is 0. The number of carboxylic acids is 1. The van der Waals surface area contributed by atoms with Crippen LogP contribution in [0, 0.1) is 0 Å². The second-order valence-corrected chi connectivity index (χ2v) is 6.66. The van der Waals surface area contributed by atoms with Crippen LogP contribution in [0.25, 0.3) is 0 Å². The third kappa shape index (κ3) is 3.59. The molecule has 5 nitrogen and oxygen atoms in total. The molecule has 1 aliphatic carbocycles. The quantitative estimate of drug-likeness (QED) is 0.634. The standard InChI is InChI=1S/C9H17O5P/c10-7-3-1-2-4-8(7)15(13,14)6-5-9(11)12/h7-8,10H,1-6H2,(H,11,12)(H,13,14). The van der Waals surface area contributed by atoms with E-state index in [-0.39, 0.29) is 12.6 Å². The predicted octanol–water partition coefficient (Wildman–Crippen LogP) is 1.03. The number of aliphatic hydroxyl groups excluding tert-OH is 1. The second kappa shape index (κ2) is 5.10. The normalized spacial score (nSPS) is 30.8. The van der Waals surface area contributed by atoms with E-state index in [1.165, 1.54) is 0 Å². The minimum absolute atomic E-state index is 0.232. The zero-order chi connectivity index (χ0) is 11.5. The van der Waals surface area contributed by atoms with Crippen LogP contribution in [-0.2, 0) is 9.36 Å². The number of carboxylic acid groups (broad SMARTS) is 1. The molecule has 0 aromatic heterocycles. The maximum atomic E-state index is 11.8. The van der Waals surface area contributed by atoms with Gasteiger partial charge in [-0.25, -0.2) is 0 Å². The molecular formula is C9H17O5P. The minimum atomic E-state index is -3.51. The lowest BCUT2D eigenvalue weighted by atomic mass is 9.97. The Morgan fingerprint density at radius 3 is 2.47 bits per heavy atom. The molecule has 0 aliphatic heterocycles. The molecule has 15 heavy (non-hydrogen) atoms. The van der Waals surface area contributed by atoms with E-state index in [4.69, 9.17) is 5.11 Å². The van der Waals surface area contributed by atoms with Crippen molar-refractivity contribution in [3.05, 3.63) is 0 Å². The van der Waals surface area contributed by atoms with E-state index in [9.17, 15) is 19.4 Å². The van der Waals surface area contributed by atoms with Gasteiger partial charge in [0.05, 0.1) is 18.2 Å². The number of carbonyl (C=O) groups is 1. The van der Waals surface area contributed by atoms with E-state index >= 15 is 0 Å².